The van der Waals surface area contributed by atoms with Gasteiger partial charge in [-0.3, -0.25) is 5.32 Å². The summed E-state index contributed by atoms with van der Waals surface area (Å²) < 4.78 is 5.05. The van der Waals surface area contributed by atoms with Gasteiger partial charge in [0.15, 0.2) is 5.75 Å². The molecule has 0 aliphatic heterocycles. The zero-order valence-corrected chi connectivity index (χ0v) is 11.3. The van der Waals surface area contributed by atoms with Crippen LogP contribution in [0.1, 0.15) is 17.0 Å². The fraction of sp³-hybridized carbons (Fsp3) is 0.214. The molecule has 2 N–H and O–H groups in total. The van der Waals surface area contributed by atoms with Crippen LogP contribution in [0.2, 0.25) is 0 Å². The lowest BCUT2D eigenvalue weighted by Crippen LogP contribution is -2.16. The zero-order valence-electron chi connectivity index (χ0n) is 11.3. The van der Waals surface area contributed by atoms with Gasteiger partial charge in [0.1, 0.15) is 6.61 Å². The first-order chi connectivity index (χ1) is 9.56. The summed E-state index contributed by atoms with van der Waals surface area (Å²) in [5.41, 5.74) is 1.69. The van der Waals surface area contributed by atoms with Gasteiger partial charge in [-0.05, 0) is 19.4 Å². The van der Waals surface area contributed by atoms with Crippen LogP contribution in [-0.4, -0.2) is 21.2 Å². The van der Waals surface area contributed by atoms with Gasteiger partial charge in [-0.2, -0.15) is 0 Å². The molecule has 6 nitrogen and oxygen atoms in total. The summed E-state index contributed by atoms with van der Waals surface area (Å²) in [5, 5.41) is 12.0. The molecule has 0 saturated heterocycles. The predicted octanol–water partition coefficient (Wildman–Crippen LogP) is 2.55. The summed E-state index contributed by atoms with van der Waals surface area (Å²) in [4.78, 5) is 19.5. The first kappa shape index (κ1) is 13.8. The van der Waals surface area contributed by atoms with E-state index >= 15 is 0 Å². The number of hydrogen-bond donors (Lipinski definition) is 2. The molecule has 2 rings (SSSR count). The number of hydrogen-bond acceptors (Lipinski definition) is 5. The third kappa shape index (κ3) is 3.44. The largest absolute Gasteiger partial charge is 0.504 e. The van der Waals surface area contributed by atoms with Crippen molar-refractivity contribution in [2.24, 2.45) is 0 Å². The Morgan fingerprint density at radius 2 is 1.80 bits per heavy atom. The molecular formula is C14H15N3O3. The standard InChI is InChI=1S/C14H15N3O3/c1-9-12(18)10(2)16-13(15-9)17-14(19)20-8-11-6-4-3-5-7-11/h3-7,18H,8H2,1-2H3,(H,15,16,17,19). The lowest BCUT2D eigenvalue weighted by Gasteiger charge is -2.08. The topological polar surface area (TPSA) is 84.3 Å². The quantitative estimate of drug-likeness (QED) is 0.897. The lowest BCUT2D eigenvalue weighted by molar-refractivity contribution is 0.155. The molecule has 104 valence electrons. The van der Waals surface area contributed by atoms with Crippen molar-refractivity contribution in [3.63, 3.8) is 0 Å². The van der Waals surface area contributed by atoms with Crippen molar-refractivity contribution in [3.8, 4) is 5.75 Å². The third-order valence-corrected chi connectivity index (χ3v) is 2.66. The molecule has 0 unspecified atom stereocenters. The van der Waals surface area contributed by atoms with Crippen molar-refractivity contribution >= 4 is 12.0 Å². The zero-order chi connectivity index (χ0) is 14.5. The van der Waals surface area contributed by atoms with Crippen molar-refractivity contribution in [2.75, 3.05) is 5.32 Å². The lowest BCUT2D eigenvalue weighted by atomic mass is 10.2. The number of nitrogens with one attached hydrogen (secondary N) is 1. The smallest absolute Gasteiger partial charge is 0.414 e. The minimum atomic E-state index is -0.640. The van der Waals surface area contributed by atoms with Crippen molar-refractivity contribution in [3.05, 3.63) is 47.3 Å². The fourth-order valence-electron chi connectivity index (χ4n) is 1.62. The second kappa shape index (κ2) is 6.01. The number of carbonyl (C=O) groups is 1. The Labute approximate surface area is 116 Å². The van der Waals surface area contributed by atoms with Crippen molar-refractivity contribution in [1.29, 1.82) is 0 Å². The molecule has 0 aliphatic carbocycles. The molecule has 1 heterocycles. The van der Waals surface area contributed by atoms with Crippen molar-refractivity contribution in [1.82, 2.24) is 9.97 Å². The summed E-state index contributed by atoms with van der Waals surface area (Å²) in [7, 11) is 0. The second-order valence-electron chi connectivity index (χ2n) is 4.25. The molecule has 0 fully saturated rings. The minimum Gasteiger partial charge on any atom is -0.504 e. The number of anilines is 1. The summed E-state index contributed by atoms with van der Waals surface area (Å²) in [6, 6.07) is 9.34. The van der Waals surface area contributed by atoms with Gasteiger partial charge in [-0.15, -0.1) is 0 Å². The Morgan fingerprint density at radius 1 is 1.20 bits per heavy atom. The number of aromatic hydroxyl groups is 1. The summed E-state index contributed by atoms with van der Waals surface area (Å²) in [5.74, 6) is 0.129. The maximum atomic E-state index is 11.6. The normalized spacial score (nSPS) is 10.1. The van der Waals surface area contributed by atoms with Gasteiger partial charge >= 0.3 is 6.09 Å². The Hall–Kier alpha value is -2.63. The van der Waals surface area contributed by atoms with Crippen LogP contribution in [-0.2, 0) is 11.3 Å². The van der Waals surface area contributed by atoms with Gasteiger partial charge < -0.3 is 9.84 Å². The van der Waals surface area contributed by atoms with E-state index in [0.29, 0.717) is 11.4 Å². The van der Waals surface area contributed by atoms with E-state index in [-0.39, 0.29) is 18.3 Å². The first-order valence-electron chi connectivity index (χ1n) is 6.08. The highest BCUT2D eigenvalue weighted by molar-refractivity contribution is 5.82. The Kier molecular flexibility index (Phi) is 4.14. The van der Waals surface area contributed by atoms with E-state index in [2.05, 4.69) is 15.3 Å². The molecule has 0 spiro atoms. The maximum Gasteiger partial charge on any atom is 0.414 e. The van der Waals surface area contributed by atoms with E-state index in [9.17, 15) is 9.90 Å². The molecule has 0 bridgehead atoms. The summed E-state index contributed by atoms with van der Waals surface area (Å²) in [6.07, 6.45) is -0.640. The van der Waals surface area contributed by atoms with Crippen LogP contribution < -0.4 is 5.32 Å². The van der Waals surface area contributed by atoms with E-state index in [1.807, 2.05) is 30.3 Å². The van der Waals surface area contributed by atoms with Gasteiger partial charge in [0.05, 0.1) is 11.4 Å². The maximum absolute atomic E-state index is 11.6. The van der Waals surface area contributed by atoms with Gasteiger partial charge in [0.25, 0.3) is 0 Å². The third-order valence-electron chi connectivity index (χ3n) is 2.66. The average Bonchev–Trinajstić information content (AvgIpc) is 2.43. The molecule has 0 saturated carbocycles. The van der Waals surface area contributed by atoms with Crippen LogP contribution in [0.3, 0.4) is 0 Å². The summed E-state index contributed by atoms with van der Waals surface area (Å²) in [6.45, 7) is 3.43. The van der Waals surface area contributed by atoms with Crippen molar-refractivity contribution < 1.29 is 14.6 Å². The van der Waals surface area contributed by atoms with Crippen LogP contribution in [0.25, 0.3) is 0 Å². The number of carbonyl (C=O) groups excluding carboxylic acids is 1. The number of amides is 1. The number of nitrogens with zero attached hydrogens (tertiary/aromatic N) is 2. The van der Waals surface area contributed by atoms with Crippen LogP contribution in [0.5, 0.6) is 5.75 Å². The second-order valence-corrected chi connectivity index (χ2v) is 4.25. The first-order valence-corrected chi connectivity index (χ1v) is 6.08. The highest BCUT2D eigenvalue weighted by atomic mass is 16.5. The van der Waals surface area contributed by atoms with E-state index < -0.39 is 6.09 Å². The number of benzene rings is 1. The Balaban J connectivity index is 1.95. The minimum absolute atomic E-state index is 0.0215. The van der Waals surface area contributed by atoms with E-state index in [1.54, 1.807) is 13.8 Å². The highest BCUT2D eigenvalue weighted by Gasteiger charge is 2.10. The number of ether oxygens (including phenoxy) is 1. The Bertz CT molecular complexity index is 591. The molecular weight excluding hydrogens is 258 g/mol. The number of aromatic nitrogens is 2. The average molecular weight is 273 g/mol. The van der Waals surface area contributed by atoms with Gasteiger partial charge in [-0.25, -0.2) is 14.8 Å². The molecule has 1 aromatic heterocycles. The number of aryl methyl sites for hydroxylation is 2. The molecule has 6 heteroatoms. The molecule has 2 aromatic rings. The predicted molar refractivity (Wildman–Crippen MR) is 73.4 cm³/mol. The molecule has 1 aromatic carbocycles. The van der Waals surface area contributed by atoms with E-state index in [0.717, 1.165) is 5.56 Å². The fourth-order valence-corrected chi connectivity index (χ4v) is 1.62. The molecule has 0 aliphatic rings. The van der Waals surface area contributed by atoms with E-state index in [1.165, 1.54) is 0 Å². The monoisotopic (exact) mass is 273 g/mol. The summed E-state index contributed by atoms with van der Waals surface area (Å²) >= 11 is 0. The molecule has 0 atom stereocenters. The van der Waals surface area contributed by atoms with Crippen LogP contribution in [0.15, 0.2) is 30.3 Å². The number of rotatable bonds is 3. The molecule has 0 radical (unpaired) electrons. The van der Waals surface area contributed by atoms with Crippen LogP contribution in [0, 0.1) is 13.8 Å². The van der Waals surface area contributed by atoms with Crippen LogP contribution >= 0.6 is 0 Å². The highest BCUT2D eigenvalue weighted by Crippen LogP contribution is 2.18. The Morgan fingerprint density at radius 3 is 2.40 bits per heavy atom. The van der Waals surface area contributed by atoms with Crippen LogP contribution in [0.4, 0.5) is 10.7 Å². The van der Waals surface area contributed by atoms with E-state index in [4.69, 9.17) is 4.74 Å². The molecule has 1 amide bonds. The van der Waals surface area contributed by atoms with Gasteiger partial charge in [-0.1, -0.05) is 30.3 Å². The van der Waals surface area contributed by atoms with Crippen molar-refractivity contribution in [2.45, 2.75) is 20.5 Å². The van der Waals surface area contributed by atoms with Gasteiger partial charge in [0, 0.05) is 0 Å². The van der Waals surface area contributed by atoms with Gasteiger partial charge in [0.2, 0.25) is 5.95 Å². The SMILES string of the molecule is Cc1nc(NC(=O)OCc2ccccc2)nc(C)c1O. The molecule has 20 heavy (non-hydrogen) atoms.